The third-order valence-electron chi connectivity index (χ3n) is 4.82. The van der Waals surface area contributed by atoms with Crippen LogP contribution in [-0.2, 0) is 17.8 Å². The maximum atomic E-state index is 12.8. The fourth-order valence-electron chi connectivity index (χ4n) is 3.50. The fourth-order valence-corrected chi connectivity index (χ4v) is 3.50. The van der Waals surface area contributed by atoms with E-state index in [4.69, 9.17) is 4.42 Å². The molecule has 0 bridgehead atoms. The number of amides is 2. The summed E-state index contributed by atoms with van der Waals surface area (Å²) in [4.78, 5) is 28.8. The van der Waals surface area contributed by atoms with Crippen LogP contribution in [-0.4, -0.2) is 42.9 Å². The Labute approximate surface area is 158 Å². The molecule has 0 aliphatic carbocycles. The van der Waals surface area contributed by atoms with Gasteiger partial charge in [0.25, 0.3) is 5.91 Å². The van der Waals surface area contributed by atoms with Crippen LogP contribution >= 0.6 is 12.4 Å². The Balaban J connectivity index is 0.00000196. The number of halogens is 1. The standard InChI is InChI=1S/C19H21N3O3.ClH/c23-17-12-14-4-1-2-5-16(14)22(17)13-15-6-11-25-18(15)19(24)21-9-3-7-20-8-10-21;/h1-2,4-6,11,20H,3,7-10,12-13H2;1H. The molecule has 2 aromatic rings. The molecule has 0 unspecified atom stereocenters. The topological polar surface area (TPSA) is 65.8 Å². The van der Waals surface area contributed by atoms with E-state index in [2.05, 4.69) is 5.32 Å². The van der Waals surface area contributed by atoms with Crippen molar-refractivity contribution in [3.05, 3.63) is 53.5 Å². The first-order valence-corrected chi connectivity index (χ1v) is 8.68. The lowest BCUT2D eigenvalue weighted by atomic mass is 10.1. The van der Waals surface area contributed by atoms with Crippen LogP contribution in [0.25, 0.3) is 0 Å². The van der Waals surface area contributed by atoms with Crippen molar-refractivity contribution >= 4 is 29.9 Å². The summed E-state index contributed by atoms with van der Waals surface area (Å²) in [6, 6.07) is 9.57. The molecule has 138 valence electrons. The van der Waals surface area contributed by atoms with Crippen molar-refractivity contribution in [1.29, 1.82) is 0 Å². The number of nitrogens with zero attached hydrogens (tertiary/aromatic N) is 2. The number of rotatable bonds is 3. The largest absolute Gasteiger partial charge is 0.459 e. The highest BCUT2D eigenvalue weighted by Gasteiger charge is 2.30. The summed E-state index contributed by atoms with van der Waals surface area (Å²) in [6.45, 7) is 3.47. The SMILES string of the molecule is Cl.O=C(c1occc1CN1C(=O)Cc2ccccc21)N1CCCNCC1. The molecule has 3 heterocycles. The van der Waals surface area contributed by atoms with Crippen LogP contribution in [0.3, 0.4) is 0 Å². The molecule has 1 N–H and O–H groups in total. The summed E-state index contributed by atoms with van der Waals surface area (Å²) in [5.41, 5.74) is 2.71. The zero-order chi connectivity index (χ0) is 17.2. The second kappa shape index (κ2) is 7.93. The molecule has 2 amide bonds. The Kier molecular flexibility index (Phi) is 5.64. The molecule has 4 rings (SSSR count). The normalized spacial score (nSPS) is 16.8. The number of carbonyl (C=O) groups excluding carboxylic acids is 2. The first-order chi connectivity index (χ1) is 12.2. The summed E-state index contributed by atoms with van der Waals surface area (Å²) in [7, 11) is 0. The summed E-state index contributed by atoms with van der Waals surface area (Å²) in [5.74, 6) is 0.308. The Morgan fingerprint density at radius 2 is 2.00 bits per heavy atom. The second-order valence-electron chi connectivity index (χ2n) is 6.46. The van der Waals surface area contributed by atoms with Crippen molar-refractivity contribution in [1.82, 2.24) is 10.2 Å². The molecule has 1 saturated heterocycles. The van der Waals surface area contributed by atoms with Gasteiger partial charge in [-0.05, 0) is 30.7 Å². The van der Waals surface area contributed by atoms with E-state index >= 15 is 0 Å². The van der Waals surface area contributed by atoms with Gasteiger partial charge in [0.05, 0.1) is 19.2 Å². The minimum atomic E-state index is -0.0939. The van der Waals surface area contributed by atoms with E-state index in [0.29, 0.717) is 25.3 Å². The van der Waals surface area contributed by atoms with Crippen LogP contribution in [0, 0.1) is 0 Å². The van der Waals surface area contributed by atoms with E-state index in [1.54, 1.807) is 11.0 Å². The molecule has 0 atom stereocenters. The van der Waals surface area contributed by atoms with Crippen LogP contribution in [0.5, 0.6) is 0 Å². The van der Waals surface area contributed by atoms with Gasteiger partial charge in [-0.15, -0.1) is 12.4 Å². The molecule has 0 spiro atoms. The van der Waals surface area contributed by atoms with Gasteiger partial charge in [0, 0.05) is 30.9 Å². The smallest absolute Gasteiger partial charge is 0.289 e. The molecule has 2 aliphatic rings. The van der Waals surface area contributed by atoms with E-state index in [0.717, 1.165) is 42.9 Å². The molecule has 0 radical (unpaired) electrons. The fraction of sp³-hybridized carbons (Fsp3) is 0.368. The molecule has 2 aliphatic heterocycles. The van der Waals surface area contributed by atoms with Crippen LogP contribution in [0.2, 0.25) is 0 Å². The highest BCUT2D eigenvalue weighted by atomic mass is 35.5. The van der Waals surface area contributed by atoms with Gasteiger partial charge in [-0.2, -0.15) is 0 Å². The number of furan rings is 1. The zero-order valence-electron chi connectivity index (χ0n) is 14.4. The Morgan fingerprint density at radius 1 is 1.15 bits per heavy atom. The van der Waals surface area contributed by atoms with Crippen molar-refractivity contribution in [2.75, 3.05) is 31.1 Å². The van der Waals surface area contributed by atoms with E-state index < -0.39 is 0 Å². The van der Waals surface area contributed by atoms with Crippen LogP contribution in [0.1, 0.15) is 28.1 Å². The van der Waals surface area contributed by atoms with Crippen molar-refractivity contribution in [2.45, 2.75) is 19.4 Å². The van der Waals surface area contributed by atoms with Gasteiger partial charge in [0.2, 0.25) is 5.91 Å². The van der Waals surface area contributed by atoms with Gasteiger partial charge >= 0.3 is 0 Å². The lowest BCUT2D eigenvalue weighted by Crippen LogP contribution is -2.35. The minimum absolute atomic E-state index is 0. The number of para-hydroxylation sites is 1. The van der Waals surface area contributed by atoms with Gasteiger partial charge < -0.3 is 19.5 Å². The molecular formula is C19H22ClN3O3. The Morgan fingerprint density at radius 3 is 2.88 bits per heavy atom. The number of fused-ring (bicyclic) bond motifs is 1. The summed E-state index contributed by atoms with van der Waals surface area (Å²) in [6.07, 6.45) is 2.87. The maximum Gasteiger partial charge on any atom is 0.289 e. The maximum absolute atomic E-state index is 12.8. The Bertz CT molecular complexity index is 797. The first kappa shape index (κ1) is 18.5. The van der Waals surface area contributed by atoms with Crippen molar-refractivity contribution < 1.29 is 14.0 Å². The molecular weight excluding hydrogens is 354 g/mol. The van der Waals surface area contributed by atoms with Crippen molar-refractivity contribution in [3.63, 3.8) is 0 Å². The van der Waals surface area contributed by atoms with E-state index in [-0.39, 0.29) is 24.2 Å². The van der Waals surface area contributed by atoms with Gasteiger partial charge in [0.15, 0.2) is 5.76 Å². The predicted octanol–water partition coefficient (Wildman–Crippen LogP) is 2.23. The molecule has 26 heavy (non-hydrogen) atoms. The number of hydrogen-bond donors (Lipinski definition) is 1. The number of anilines is 1. The van der Waals surface area contributed by atoms with Gasteiger partial charge in [0.1, 0.15) is 0 Å². The molecule has 1 aromatic carbocycles. The molecule has 1 fully saturated rings. The molecule has 7 heteroatoms. The minimum Gasteiger partial charge on any atom is -0.459 e. The predicted molar refractivity (Wildman–Crippen MR) is 101 cm³/mol. The molecule has 1 aromatic heterocycles. The van der Waals surface area contributed by atoms with Crippen LogP contribution in [0.4, 0.5) is 5.69 Å². The lowest BCUT2D eigenvalue weighted by Gasteiger charge is -2.21. The third kappa shape index (κ3) is 3.48. The molecule has 0 saturated carbocycles. The number of hydrogen-bond acceptors (Lipinski definition) is 4. The highest BCUT2D eigenvalue weighted by molar-refractivity contribution is 6.01. The third-order valence-corrected chi connectivity index (χ3v) is 4.82. The number of benzene rings is 1. The quantitative estimate of drug-likeness (QED) is 0.893. The second-order valence-corrected chi connectivity index (χ2v) is 6.46. The monoisotopic (exact) mass is 375 g/mol. The number of carbonyl (C=O) groups is 2. The van der Waals surface area contributed by atoms with E-state index in [1.165, 1.54) is 6.26 Å². The van der Waals surface area contributed by atoms with Crippen LogP contribution in [0.15, 0.2) is 41.0 Å². The number of nitrogens with one attached hydrogen (secondary N) is 1. The first-order valence-electron chi connectivity index (χ1n) is 8.68. The lowest BCUT2D eigenvalue weighted by molar-refractivity contribution is -0.117. The van der Waals surface area contributed by atoms with E-state index in [1.807, 2.05) is 29.2 Å². The van der Waals surface area contributed by atoms with Crippen molar-refractivity contribution in [2.24, 2.45) is 0 Å². The highest BCUT2D eigenvalue weighted by Crippen LogP contribution is 2.30. The van der Waals surface area contributed by atoms with Gasteiger partial charge in [-0.3, -0.25) is 9.59 Å². The van der Waals surface area contributed by atoms with Gasteiger partial charge in [-0.1, -0.05) is 18.2 Å². The average Bonchev–Trinajstić information content (AvgIpc) is 3.09. The molecule has 6 nitrogen and oxygen atoms in total. The van der Waals surface area contributed by atoms with Gasteiger partial charge in [-0.25, -0.2) is 0 Å². The van der Waals surface area contributed by atoms with E-state index in [9.17, 15) is 9.59 Å². The van der Waals surface area contributed by atoms with Crippen molar-refractivity contribution in [3.8, 4) is 0 Å². The van der Waals surface area contributed by atoms with Crippen LogP contribution < -0.4 is 10.2 Å². The summed E-state index contributed by atoms with van der Waals surface area (Å²) in [5, 5.41) is 3.29. The summed E-state index contributed by atoms with van der Waals surface area (Å²) < 4.78 is 5.50. The average molecular weight is 376 g/mol. The Hall–Kier alpha value is -2.31. The zero-order valence-corrected chi connectivity index (χ0v) is 15.3. The summed E-state index contributed by atoms with van der Waals surface area (Å²) >= 11 is 0.